The topological polar surface area (TPSA) is 160 Å². The lowest BCUT2D eigenvalue weighted by Crippen LogP contribution is -2.22. The van der Waals surface area contributed by atoms with E-state index in [1.54, 1.807) is 79.3 Å². The number of hydrogen-bond acceptors (Lipinski definition) is 9. The van der Waals surface area contributed by atoms with Crippen LogP contribution >= 0.6 is 0 Å². The Morgan fingerprint density at radius 3 is 2.44 bits per heavy atom. The monoisotopic (exact) mass is 548 g/mol. The third-order valence-corrected chi connectivity index (χ3v) is 6.39. The molecule has 0 saturated carbocycles. The maximum atomic E-state index is 12.6. The SMILES string of the molecule is COC(=O)c1ccc(-n2cc(-c3nn(C(=O)O)c4ccc(Cn5nc(-c6ccncc6)ccc5=O)cc34)nn2)cc1. The predicted molar refractivity (Wildman–Crippen MR) is 146 cm³/mol. The summed E-state index contributed by atoms with van der Waals surface area (Å²) in [6.45, 7) is 0.143. The summed E-state index contributed by atoms with van der Waals surface area (Å²) in [6.07, 6.45) is 3.64. The van der Waals surface area contributed by atoms with E-state index in [-0.39, 0.29) is 12.1 Å². The van der Waals surface area contributed by atoms with Gasteiger partial charge in [0, 0.05) is 29.4 Å². The minimum absolute atomic E-state index is 0.143. The van der Waals surface area contributed by atoms with Crippen molar-refractivity contribution < 1.29 is 19.4 Å². The van der Waals surface area contributed by atoms with E-state index >= 15 is 0 Å². The standard InChI is InChI=1S/C28H20N8O5/c1-41-27(38)19-3-5-20(6-4-19)34-16-23(30-33-34)26-21-14-17(2-8-24(21)36(32-26)28(39)40)15-35-25(37)9-7-22(31-35)18-10-12-29-13-11-18/h2-14,16H,15H2,1H3,(H,39,40). The van der Waals surface area contributed by atoms with Gasteiger partial charge in [0.2, 0.25) is 0 Å². The summed E-state index contributed by atoms with van der Waals surface area (Å²) in [5.74, 6) is -0.459. The van der Waals surface area contributed by atoms with Gasteiger partial charge in [0.05, 0.1) is 42.3 Å². The smallest absolute Gasteiger partial charge is 0.432 e. The van der Waals surface area contributed by atoms with E-state index < -0.39 is 12.1 Å². The zero-order valence-electron chi connectivity index (χ0n) is 21.4. The first-order valence-corrected chi connectivity index (χ1v) is 12.3. The molecule has 0 radical (unpaired) electrons. The molecule has 0 saturated heterocycles. The fourth-order valence-corrected chi connectivity index (χ4v) is 4.38. The number of ether oxygens (including phenoxy) is 1. The first kappa shape index (κ1) is 25.3. The lowest BCUT2D eigenvalue weighted by molar-refractivity contribution is 0.0600. The summed E-state index contributed by atoms with van der Waals surface area (Å²) in [4.78, 5) is 40.3. The van der Waals surface area contributed by atoms with Crippen molar-refractivity contribution >= 4 is 23.0 Å². The van der Waals surface area contributed by atoms with E-state index in [0.717, 1.165) is 10.2 Å². The van der Waals surface area contributed by atoms with Gasteiger partial charge in [0.1, 0.15) is 11.4 Å². The van der Waals surface area contributed by atoms with Crippen molar-refractivity contribution in [2.24, 2.45) is 0 Å². The number of aromatic nitrogens is 8. The zero-order valence-corrected chi connectivity index (χ0v) is 21.4. The van der Waals surface area contributed by atoms with Gasteiger partial charge in [-0.05, 0) is 60.2 Å². The van der Waals surface area contributed by atoms with Crippen molar-refractivity contribution in [3.63, 3.8) is 0 Å². The molecule has 6 rings (SSSR count). The van der Waals surface area contributed by atoms with Crippen LogP contribution in [0.25, 0.3) is 39.2 Å². The summed E-state index contributed by atoms with van der Waals surface area (Å²) in [7, 11) is 1.31. The molecule has 4 aromatic heterocycles. The Bertz CT molecular complexity index is 1980. The minimum Gasteiger partial charge on any atom is -0.465 e. The molecule has 0 aliphatic heterocycles. The van der Waals surface area contributed by atoms with Crippen LogP contribution in [-0.2, 0) is 11.3 Å². The van der Waals surface area contributed by atoms with Crippen LogP contribution < -0.4 is 5.56 Å². The number of rotatable bonds is 6. The van der Waals surface area contributed by atoms with Crippen LogP contribution in [0.4, 0.5) is 4.79 Å². The van der Waals surface area contributed by atoms with Gasteiger partial charge in [-0.3, -0.25) is 9.78 Å². The highest BCUT2D eigenvalue weighted by Gasteiger charge is 2.20. The maximum Gasteiger partial charge on any atom is 0.432 e. The average molecular weight is 549 g/mol. The van der Waals surface area contributed by atoms with Crippen molar-refractivity contribution in [1.82, 2.24) is 39.5 Å². The molecule has 13 heteroatoms. The van der Waals surface area contributed by atoms with Gasteiger partial charge in [-0.25, -0.2) is 19.0 Å². The van der Waals surface area contributed by atoms with Crippen molar-refractivity contribution in [2.75, 3.05) is 7.11 Å². The summed E-state index contributed by atoms with van der Waals surface area (Å²) in [5, 5.41) is 27.4. The number of benzene rings is 2. The van der Waals surface area contributed by atoms with Gasteiger partial charge in [0.25, 0.3) is 5.56 Å². The van der Waals surface area contributed by atoms with Crippen LogP contribution in [0.15, 0.2) is 90.1 Å². The predicted octanol–water partition coefficient (Wildman–Crippen LogP) is 3.26. The minimum atomic E-state index is -1.26. The van der Waals surface area contributed by atoms with Crippen molar-refractivity contribution in [1.29, 1.82) is 0 Å². The second-order valence-corrected chi connectivity index (χ2v) is 8.93. The fourth-order valence-electron chi connectivity index (χ4n) is 4.38. The molecule has 0 aliphatic rings. The molecule has 41 heavy (non-hydrogen) atoms. The molecular formula is C28H20N8O5. The van der Waals surface area contributed by atoms with Gasteiger partial charge in [-0.1, -0.05) is 11.3 Å². The van der Waals surface area contributed by atoms with Crippen molar-refractivity contribution in [3.8, 4) is 28.3 Å². The van der Waals surface area contributed by atoms with Gasteiger partial charge in [-0.15, -0.1) is 5.10 Å². The third-order valence-electron chi connectivity index (χ3n) is 6.39. The van der Waals surface area contributed by atoms with E-state index in [1.165, 1.54) is 22.5 Å². The molecule has 0 unspecified atom stereocenters. The highest BCUT2D eigenvalue weighted by molar-refractivity contribution is 5.97. The molecule has 1 N–H and O–H groups in total. The Morgan fingerprint density at radius 1 is 0.927 bits per heavy atom. The van der Waals surface area contributed by atoms with Crippen LogP contribution in [0.5, 0.6) is 0 Å². The summed E-state index contributed by atoms with van der Waals surface area (Å²) >= 11 is 0. The van der Waals surface area contributed by atoms with E-state index in [9.17, 15) is 19.5 Å². The fraction of sp³-hybridized carbons (Fsp3) is 0.0714. The highest BCUT2D eigenvalue weighted by atomic mass is 16.5. The molecule has 0 spiro atoms. The zero-order chi connectivity index (χ0) is 28.5. The molecule has 202 valence electrons. The highest BCUT2D eigenvalue weighted by Crippen LogP contribution is 2.28. The average Bonchev–Trinajstić information content (AvgIpc) is 3.64. The van der Waals surface area contributed by atoms with Crippen LogP contribution in [0.1, 0.15) is 15.9 Å². The number of nitrogens with zero attached hydrogens (tertiary/aromatic N) is 8. The number of methoxy groups -OCH3 is 1. The Labute approximate surface area is 230 Å². The molecule has 2 aromatic carbocycles. The Balaban J connectivity index is 1.37. The van der Waals surface area contributed by atoms with Gasteiger partial charge < -0.3 is 9.84 Å². The van der Waals surface area contributed by atoms with Gasteiger partial charge in [-0.2, -0.15) is 14.9 Å². The van der Waals surface area contributed by atoms with E-state index in [4.69, 9.17) is 4.74 Å². The molecule has 0 fully saturated rings. The van der Waals surface area contributed by atoms with Crippen molar-refractivity contribution in [3.05, 3.63) is 107 Å². The van der Waals surface area contributed by atoms with Crippen LogP contribution in [-0.4, -0.2) is 63.8 Å². The number of fused-ring (bicyclic) bond motifs is 1. The number of carbonyl (C=O) groups excluding carboxylic acids is 1. The molecule has 13 nitrogen and oxygen atoms in total. The lowest BCUT2D eigenvalue weighted by Gasteiger charge is -2.08. The number of esters is 1. The molecule has 0 amide bonds. The molecule has 4 heterocycles. The third kappa shape index (κ3) is 4.83. The maximum absolute atomic E-state index is 12.6. The quantitative estimate of drug-likeness (QED) is 0.306. The molecular weight excluding hydrogens is 528 g/mol. The second kappa shape index (κ2) is 10.3. The van der Waals surface area contributed by atoms with E-state index in [1.807, 2.05) is 0 Å². The summed E-state index contributed by atoms with van der Waals surface area (Å²) in [5.41, 5.74) is 3.84. The molecule has 0 aliphatic carbocycles. The normalized spacial score (nSPS) is 11.0. The van der Waals surface area contributed by atoms with Gasteiger partial charge in [0.15, 0.2) is 0 Å². The van der Waals surface area contributed by atoms with Crippen LogP contribution in [0.3, 0.4) is 0 Å². The van der Waals surface area contributed by atoms with Crippen LogP contribution in [0.2, 0.25) is 0 Å². The number of pyridine rings is 1. The lowest BCUT2D eigenvalue weighted by atomic mass is 10.1. The van der Waals surface area contributed by atoms with Gasteiger partial charge >= 0.3 is 12.1 Å². The van der Waals surface area contributed by atoms with Crippen LogP contribution in [0, 0.1) is 0 Å². The Hall–Kier alpha value is -5.98. The van der Waals surface area contributed by atoms with E-state index in [0.29, 0.717) is 44.8 Å². The second-order valence-electron chi connectivity index (χ2n) is 8.93. The summed E-state index contributed by atoms with van der Waals surface area (Å²) in [6, 6.07) is 18.4. The molecule has 0 atom stereocenters. The number of carboxylic acid groups (broad SMARTS) is 1. The molecule has 0 bridgehead atoms. The number of hydrogen-bond donors (Lipinski definition) is 1. The Kier molecular flexibility index (Phi) is 6.36. The Morgan fingerprint density at radius 2 is 1.71 bits per heavy atom. The summed E-state index contributed by atoms with van der Waals surface area (Å²) < 4.78 is 8.42. The number of carbonyl (C=O) groups is 2. The first-order valence-electron chi connectivity index (χ1n) is 12.3. The largest absolute Gasteiger partial charge is 0.465 e. The molecule has 6 aromatic rings. The first-order chi connectivity index (χ1) is 19.9. The van der Waals surface area contributed by atoms with Crippen molar-refractivity contribution in [2.45, 2.75) is 6.54 Å². The van der Waals surface area contributed by atoms with E-state index in [2.05, 4.69) is 25.5 Å².